The van der Waals surface area contributed by atoms with Gasteiger partial charge in [-0.25, -0.2) is 0 Å². The Morgan fingerprint density at radius 2 is 1.68 bits per heavy atom. The van der Waals surface area contributed by atoms with Crippen molar-refractivity contribution < 1.29 is 38.1 Å². The van der Waals surface area contributed by atoms with Gasteiger partial charge in [-0.2, -0.15) is 15.2 Å². The lowest BCUT2D eigenvalue weighted by atomic mass is 9.94. The van der Waals surface area contributed by atoms with E-state index >= 15 is 0 Å². The average Bonchev–Trinajstić information content (AvgIpc) is 3.85. The van der Waals surface area contributed by atoms with Crippen LogP contribution in [0.1, 0.15) is 65.7 Å². The number of likely N-dealkylation sites (tertiary alicyclic amines) is 1. The third kappa shape index (κ3) is 10.3. The molecule has 0 bridgehead atoms. The Balaban J connectivity index is 0.701. The quantitative estimate of drug-likeness (QED) is 0.108. The predicted molar refractivity (Wildman–Crippen MR) is 242 cm³/mol. The molecule has 4 aromatic rings. The summed E-state index contributed by atoms with van der Waals surface area (Å²) in [6, 6.07) is 22.6. The van der Waals surface area contributed by atoms with Gasteiger partial charge >= 0.3 is 6.01 Å². The number of nitrogens with zero attached hydrogens (tertiary/aromatic N) is 7. The van der Waals surface area contributed by atoms with Crippen molar-refractivity contribution in [1.29, 1.82) is 5.26 Å². The van der Waals surface area contributed by atoms with Crippen LogP contribution >= 0.6 is 0 Å². The van der Waals surface area contributed by atoms with Crippen LogP contribution in [0.4, 0.5) is 11.5 Å². The summed E-state index contributed by atoms with van der Waals surface area (Å²) in [7, 11) is 2.10. The largest absolute Gasteiger partial charge is 0.491 e. The highest BCUT2D eigenvalue weighted by molar-refractivity contribution is 6.05. The summed E-state index contributed by atoms with van der Waals surface area (Å²) in [6.45, 7) is 7.30. The van der Waals surface area contributed by atoms with Crippen molar-refractivity contribution in [3.8, 4) is 17.8 Å². The SMILES string of the molecule is CN1C[C@H](OCCOCCOCCOc2ccc3c(c2)CN(C2CCC(=O)NC2=O)C3=O)C[C@H]1COc1nc2c(c(N3CCC[C@@H](CC#N)C3)n1)CCN(c1cccc3ccccc13)C2. The summed E-state index contributed by atoms with van der Waals surface area (Å²) in [4.78, 5) is 55.6. The minimum absolute atomic E-state index is 0.0584. The summed E-state index contributed by atoms with van der Waals surface area (Å²) in [5, 5.41) is 14.3. The molecule has 3 amide bonds. The van der Waals surface area contributed by atoms with Crippen molar-refractivity contribution in [2.75, 3.05) is 89.3 Å². The second-order valence-electron chi connectivity index (χ2n) is 17.7. The zero-order valence-corrected chi connectivity index (χ0v) is 37.1. The van der Waals surface area contributed by atoms with Crippen LogP contribution in [0.25, 0.3) is 10.8 Å². The Hall–Kier alpha value is -5.86. The fourth-order valence-corrected chi connectivity index (χ4v) is 9.93. The summed E-state index contributed by atoms with van der Waals surface area (Å²) in [5.74, 6) is 0.966. The Morgan fingerprint density at radius 3 is 2.54 bits per heavy atom. The van der Waals surface area contributed by atoms with Gasteiger partial charge in [0, 0.05) is 73.8 Å². The summed E-state index contributed by atoms with van der Waals surface area (Å²) < 4.78 is 30.0. The molecule has 5 aliphatic heterocycles. The van der Waals surface area contributed by atoms with Crippen LogP contribution in [0, 0.1) is 17.2 Å². The highest BCUT2D eigenvalue weighted by Crippen LogP contribution is 2.36. The molecule has 16 heteroatoms. The first-order valence-electron chi connectivity index (χ1n) is 23.1. The molecule has 16 nitrogen and oxygen atoms in total. The van der Waals surface area contributed by atoms with Crippen molar-refractivity contribution in [2.45, 2.75) is 76.2 Å². The van der Waals surface area contributed by atoms with Crippen LogP contribution in [-0.2, 0) is 43.3 Å². The van der Waals surface area contributed by atoms with E-state index in [0.29, 0.717) is 95.4 Å². The number of fused-ring (bicyclic) bond motifs is 3. The van der Waals surface area contributed by atoms with Gasteiger partial charge in [0.2, 0.25) is 11.8 Å². The zero-order chi connectivity index (χ0) is 44.7. The number of hydrogen-bond acceptors (Lipinski definition) is 14. The Labute approximate surface area is 379 Å². The van der Waals surface area contributed by atoms with Crippen molar-refractivity contribution >= 4 is 40.0 Å². The number of rotatable bonds is 18. The number of nitriles is 1. The second-order valence-corrected chi connectivity index (χ2v) is 17.7. The van der Waals surface area contributed by atoms with Crippen LogP contribution in [0.5, 0.6) is 11.8 Å². The molecule has 5 aliphatic rings. The molecule has 3 saturated heterocycles. The summed E-state index contributed by atoms with van der Waals surface area (Å²) in [6.07, 6.45) is 4.92. The first kappa shape index (κ1) is 44.3. The maximum absolute atomic E-state index is 12.9. The monoisotopic (exact) mass is 886 g/mol. The number of hydrogen-bond donors (Lipinski definition) is 1. The van der Waals surface area contributed by atoms with Crippen LogP contribution in [0.3, 0.4) is 0 Å². The highest BCUT2D eigenvalue weighted by Gasteiger charge is 2.39. The Morgan fingerprint density at radius 1 is 0.846 bits per heavy atom. The number of carbonyl (C=O) groups excluding carboxylic acids is 3. The van der Waals surface area contributed by atoms with E-state index in [0.717, 1.165) is 68.9 Å². The molecule has 1 aromatic heterocycles. The topological polar surface area (TPSA) is 172 Å². The molecule has 4 atom stereocenters. The minimum Gasteiger partial charge on any atom is -0.491 e. The lowest BCUT2D eigenvalue weighted by molar-refractivity contribution is -0.136. The van der Waals surface area contributed by atoms with Crippen molar-refractivity contribution in [1.82, 2.24) is 25.1 Å². The van der Waals surface area contributed by atoms with E-state index in [1.165, 1.54) is 26.9 Å². The van der Waals surface area contributed by atoms with Gasteiger partial charge in [-0.3, -0.25) is 24.6 Å². The molecule has 1 N–H and O–H groups in total. The van der Waals surface area contributed by atoms with Gasteiger partial charge < -0.3 is 38.4 Å². The van der Waals surface area contributed by atoms with Crippen LogP contribution in [0.2, 0.25) is 0 Å². The number of imide groups is 1. The molecular formula is C49H58N8O8. The van der Waals surface area contributed by atoms with Gasteiger partial charge in [0.1, 0.15) is 30.8 Å². The van der Waals surface area contributed by atoms with Gasteiger partial charge in [0.15, 0.2) is 0 Å². The number of piperidine rings is 2. The number of amides is 3. The van der Waals surface area contributed by atoms with E-state index in [9.17, 15) is 19.6 Å². The van der Waals surface area contributed by atoms with Gasteiger partial charge in [0.25, 0.3) is 5.91 Å². The van der Waals surface area contributed by atoms with E-state index < -0.39 is 11.9 Å². The number of carbonyl (C=O) groups is 3. The van der Waals surface area contributed by atoms with Crippen LogP contribution < -0.4 is 24.6 Å². The number of anilines is 2. The van der Waals surface area contributed by atoms with Gasteiger partial charge in [-0.05, 0) is 80.3 Å². The van der Waals surface area contributed by atoms with E-state index in [4.69, 9.17) is 33.7 Å². The van der Waals surface area contributed by atoms with Crippen LogP contribution in [-0.4, -0.2) is 135 Å². The number of benzene rings is 3. The van der Waals surface area contributed by atoms with Crippen molar-refractivity contribution in [3.05, 3.63) is 83.0 Å². The number of likely N-dealkylation sites (N-methyl/N-ethyl adjacent to an activating group) is 1. The molecule has 65 heavy (non-hydrogen) atoms. The maximum atomic E-state index is 12.9. The van der Waals surface area contributed by atoms with Gasteiger partial charge in [0.05, 0.1) is 57.4 Å². The number of nitrogens with one attached hydrogen (secondary N) is 1. The van der Waals surface area contributed by atoms with Gasteiger partial charge in [-0.15, -0.1) is 0 Å². The van der Waals surface area contributed by atoms with E-state index in [1.807, 2.05) is 6.07 Å². The smallest absolute Gasteiger partial charge is 0.318 e. The minimum atomic E-state index is -0.648. The van der Waals surface area contributed by atoms with Gasteiger partial charge in [-0.1, -0.05) is 36.4 Å². The fraction of sp³-hybridized carbons (Fsp3) is 0.510. The standard InChI is InChI=1S/C49H58N8O8/c1-54-30-38(64-25-23-62-21-20-61-22-24-63-37-11-12-40-35(26-37)29-57(48(40)60)44-13-14-45(58)52-47(44)59)27-36(54)32-65-49-51-42-31-55(43-10-4-8-34-7-2-3-9-39(34)43)19-16-41(42)46(53-49)56-18-5-6-33(28-56)15-17-50/h2-4,7-12,26,33,36,38,44H,5-6,13-16,18-25,27-32H2,1H3,(H,52,58,59)/t33-,36-,38+,44?/m0/s1. The molecule has 3 aromatic carbocycles. The molecule has 1 unspecified atom stereocenters. The second kappa shape index (κ2) is 20.5. The normalized spacial score (nSPS) is 22.2. The first-order valence-corrected chi connectivity index (χ1v) is 23.1. The first-order chi connectivity index (χ1) is 31.8. The van der Waals surface area contributed by atoms with Crippen LogP contribution in [0.15, 0.2) is 60.7 Å². The third-order valence-electron chi connectivity index (χ3n) is 13.3. The predicted octanol–water partition coefficient (Wildman–Crippen LogP) is 4.66. The molecule has 0 spiro atoms. The number of aromatic nitrogens is 2. The number of ether oxygens (including phenoxy) is 5. The lowest BCUT2D eigenvalue weighted by Crippen LogP contribution is -2.52. The summed E-state index contributed by atoms with van der Waals surface area (Å²) >= 11 is 0. The third-order valence-corrected chi connectivity index (χ3v) is 13.3. The van der Waals surface area contributed by atoms with Crippen molar-refractivity contribution in [2.24, 2.45) is 5.92 Å². The molecule has 3 fully saturated rings. The average molecular weight is 887 g/mol. The molecule has 0 saturated carbocycles. The van der Waals surface area contributed by atoms with E-state index in [2.05, 4.69) is 75.6 Å². The van der Waals surface area contributed by atoms with E-state index in [1.54, 1.807) is 12.1 Å². The van der Waals surface area contributed by atoms with Crippen molar-refractivity contribution in [3.63, 3.8) is 0 Å². The Kier molecular flexibility index (Phi) is 14.0. The zero-order valence-electron chi connectivity index (χ0n) is 37.1. The molecule has 0 radical (unpaired) electrons. The molecule has 0 aliphatic carbocycles. The maximum Gasteiger partial charge on any atom is 0.318 e. The lowest BCUT2D eigenvalue weighted by Gasteiger charge is -2.37. The Bertz CT molecular complexity index is 2400. The summed E-state index contributed by atoms with van der Waals surface area (Å²) in [5.41, 5.74) is 4.74. The molecule has 6 heterocycles. The fourth-order valence-electron chi connectivity index (χ4n) is 9.93. The molecule has 9 rings (SSSR count). The highest BCUT2D eigenvalue weighted by atomic mass is 16.6. The molecule has 342 valence electrons. The molecular weight excluding hydrogens is 829 g/mol. The van der Waals surface area contributed by atoms with E-state index in [-0.39, 0.29) is 30.4 Å².